The molecule has 2 aromatic carbocycles. The number of nitrogens with zero attached hydrogens (tertiary/aromatic N) is 4. The maximum Gasteiger partial charge on any atom is 0.217 e. The summed E-state index contributed by atoms with van der Waals surface area (Å²) < 4.78 is 1.97. The molecule has 0 N–H and O–H groups in total. The van der Waals surface area contributed by atoms with Gasteiger partial charge < -0.3 is 0 Å². The summed E-state index contributed by atoms with van der Waals surface area (Å²) >= 11 is 1.57. The van der Waals surface area contributed by atoms with Crippen molar-refractivity contribution in [2.45, 2.75) is 0 Å². The second-order valence-electron chi connectivity index (χ2n) is 7.28. The fraction of sp³-hybridized carbons (Fsp3) is 0. The molecule has 7 heteroatoms. The minimum atomic E-state index is -0.422. The summed E-state index contributed by atoms with van der Waals surface area (Å²) in [4.78, 5) is 40.4. The highest BCUT2D eigenvalue weighted by Crippen LogP contribution is 2.36. The molecular weight excluding hydrogens is 420 g/mol. The molecule has 5 aromatic rings. The van der Waals surface area contributed by atoms with Crippen LogP contribution in [0.2, 0.25) is 0 Å². The molecule has 32 heavy (non-hydrogen) atoms. The molecule has 0 atom stereocenters. The Bertz CT molecular complexity index is 1510. The van der Waals surface area contributed by atoms with E-state index in [1.807, 2.05) is 53.1 Å². The summed E-state index contributed by atoms with van der Waals surface area (Å²) in [7, 11) is 0. The van der Waals surface area contributed by atoms with Crippen LogP contribution in [0.4, 0.5) is 0 Å². The Balaban J connectivity index is 1.55. The average Bonchev–Trinajstić information content (AvgIpc) is 3.47. The van der Waals surface area contributed by atoms with Crippen LogP contribution in [0.5, 0.6) is 0 Å². The fourth-order valence-electron chi connectivity index (χ4n) is 3.87. The standard InChI is InChI=1S/C25H14N4O2S/c30-23-17(24(31)22-21(23)26-11-12-27-22)13-20-28-25-18(29(20)16-9-5-2-6-10-16)14-19(32-25)15-7-3-1-4-8-15/h1-14H. The number of fused-ring (bicyclic) bond motifs is 2. The van der Waals surface area contributed by atoms with Gasteiger partial charge in [-0.3, -0.25) is 14.2 Å². The monoisotopic (exact) mass is 434 g/mol. The zero-order valence-electron chi connectivity index (χ0n) is 16.6. The van der Waals surface area contributed by atoms with Crippen molar-refractivity contribution < 1.29 is 9.59 Å². The number of hydrogen-bond donors (Lipinski definition) is 0. The Labute approximate surface area is 186 Å². The predicted molar refractivity (Wildman–Crippen MR) is 123 cm³/mol. The number of para-hydroxylation sites is 1. The van der Waals surface area contributed by atoms with Crippen molar-refractivity contribution in [1.82, 2.24) is 19.5 Å². The van der Waals surface area contributed by atoms with Crippen molar-refractivity contribution in [3.63, 3.8) is 0 Å². The Morgan fingerprint density at radius 1 is 0.812 bits per heavy atom. The first-order chi connectivity index (χ1) is 15.7. The third-order valence-corrected chi connectivity index (χ3v) is 6.41. The van der Waals surface area contributed by atoms with Crippen LogP contribution in [-0.4, -0.2) is 31.1 Å². The lowest BCUT2D eigenvalue weighted by Gasteiger charge is -2.07. The molecule has 1 aliphatic carbocycles. The van der Waals surface area contributed by atoms with Gasteiger partial charge in [0.15, 0.2) is 0 Å². The van der Waals surface area contributed by atoms with Crippen LogP contribution in [0.1, 0.15) is 26.8 Å². The number of carbonyl (C=O) groups excluding carboxylic acids is 2. The summed E-state index contributed by atoms with van der Waals surface area (Å²) in [6.07, 6.45) is 4.38. The third-order valence-electron chi connectivity index (χ3n) is 5.34. The van der Waals surface area contributed by atoms with Crippen molar-refractivity contribution >= 4 is 39.3 Å². The third kappa shape index (κ3) is 2.83. The van der Waals surface area contributed by atoms with Gasteiger partial charge in [-0.05, 0) is 29.8 Å². The number of thiophene rings is 1. The Morgan fingerprint density at radius 3 is 2.09 bits per heavy atom. The molecule has 0 spiro atoms. The van der Waals surface area contributed by atoms with E-state index in [1.165, 1.54) is 12.4 Å². The van der Waals surface area contributed by atoms with E-state index >= 15 is 0 Å². The van der Waals surface area contributed by atoms with Crippen LogP contribution in [0.15, 0.2) is 84.7 Å². The molecule has 0 bridgehead atoms. The molecule has 0 saturated heterocycles. The van der Waals surface area contributed by atoms with Crippen molar-refractivity contribution in [2.24, 2.45) is 0 Å². The quantitative estimate of drug-likeness (QED) is 0.295. The van der Waals surface area contributed by atoms with E-state index in [0.29, 0.717) is 5.82 Å². The highest BCUT2D eigenvalue weighted by Gasteiger charge is 2.36. The molecule has 1 aliphatic rings. The van der Waals surface area contributed by atoms with E-state index in [2.05, 4.69) is 28.2 Å². The highest BCUT2D eigenvalue weighted by molar-refractivity contribution is 7.21. The van der Waals surface area contributed by atoms with Crippen LogP contribution in [0, 0.1) is 0 Å². The molecule has 0 radical (unpaired) electrons. The minimum absolute atomic E-state index is 0.0318. The van der Waals surface area contributed by atoms with Crippen LogP contribution < -0.4 is 0 Å². The molecule has 3 aromatic heterocycles. The van der Waals surface area contributed by atoms with Gasteiger partial charge in [-0.1, -0.05) is 48.5 Å². The molecule has 0 amide bonds. The van der Waals surface area contributed by atoms with E-state index < -0.39 is 11.6 Å². The van der Waals surface area contributed by atoms with E-state index in [-0.39, 0.29) is 17.0 Å². The number of Topliss-reactive ketones (excluding diaryl/α,β-unsaturated/α-hetero) is 2. The van der Waals surface area contributed by atoms with Crippen LogP contribution in [-0.2, 0) is 0 Å². The van der Waals surface area contributed by atoms with Gasteiger partial charge in [-0.25, -0.2) is 15.0 Å². The fourth-order valence-corrected chi connectivity index (χ4v) is 4.90. The number of hydrogen-bond acceptors (Lipinski definition) is 6. The Hall–Kier alpha value is -4.23. The lowest BCUT2D eigenvalue weighted by atomic mass is 10.1. The van der Waals surface area contributed by atoms with E-state index in [4.69, 9.17) is 4.98 Å². The van der Waals surface area contributed by atoms with Gasteiger partial charge in [0.1, 0.15) is 22.0 Å². The Morgan fingerprint density at radius 2 is 1.44 bits per heavy atom. The first-order valence-electron chi connectivity index (χ1n) is 9.96. The maximum atomic E-state index is 12.8. The van der Waals surface area contributed by atoms with Gasteiger partial charge in [0, 0.05) is 23.0 Å². The maximum absolute atomic E-state index is 12.8. The van der Waals surface area contributed by atoms with Gasteiger partial charge in [0.05, 0.1) is 11.1 Å². The van der Waals surface area contributed by atoms with Crippen molar-refractivity contribution in [1.29, 1.82) is 0 Å². The van der Waals surface area contributed by atoms with Gasteiger partial charge in [-0.2, -0.15) is 0 Å². The van der Waals surface area contributed by atoms with Crippen molar-refractivity contribution in [2.75, 3.05) is 0 Å². The minimum Gasteiger partial charge on any atom is -0.292 e. The number of ketones is 2. The number of carbonyl (C=O) groups is 2. The van der Waals surface area contributed by atoms with Crippen LogP contribution in [0.3, 0.4) is 0 Å². The molecule has 0 fully saturated rings. The largest absolute Gasteiger partial charge is 0.292 e. The Kier molecular flexibility index (Phi) is 4.16. The van der Waals surface area contributed by atoms with E-state index in [0.717, 1.165) is 26.5 Å². The predicted octanol–water partition coefficient (Wildman–Crippen LogP) is 5.01. The number of imidazole rings is 1. The first kappa shape index (κ1) is 18.5. The summed E-state index contributed by atoms with van der Waals surface area (Å²) in [5.74, 6) is -0.329. The normalized spacial score (nSPS) is 13.1. The molecule has 0 saturated carbocycles. The van der Waals surface area contributed by atoms with Gasteiger partial charge in [0.2, 0.25) is 11.6 Å². The molecule has 0 aliphatic heterocycles. The molecule has 152 valence electrons. The lowest BCUT2D eigenvalue weighted by molar-refractivity contribution is 0.0988. The van der Waals surface area contributed by atoms with Crippen molar-refractivity contribution in [3.05, 3.63) is 102 Å². The highest BCUT2D eigenvalue weighted by atomic mass is 32.1. The summed E-state index contributed by atoms with van der Waals surface area (Å²) in [6, 6.07) is 22.0. The van der Waals surface area contributed by atoms with Gasteiger partial charge in [-0.15, -0.1) is 11.3 Å². The lowest BCUT2D eigenvalue weighted by Crippen LogP contribution is -2.04. The van der Waals surface area contributed by atoms with Gasteiger partial charge in [0.25, 0.3) is 0 Å². The van der Waals surface area contributed by atoms with Crippen LogP contribution >= 0.6 is 11.3 Å². The summed E-state index contributed by atoms with van der Waals surface area (Å²) in [5.41, 5.74) is 3.14. The molecule has 3 heterocycles. The van der Waals surface area contributed by atoms with Crippen molar-refractivity contribution in [3.8, 4) is 16.1 Å². The average molecular weight is 434 g/mol. The second-order valence-corrected chi connectivity index (χ2v) is 8.31. The van der Waals surface area contributed by atoms with Gasteiger partial charge >= 0.3 is 0 Å². The summed E-state index contributed by atoms with van der Waals surface area (Å²) in [6.45, 7) is 0. The smallest absolute Gasteiger partial charge is 0.217 e. The zero-order valence-corrected chi connectivity index (χ0v) is 17.4. The number of benzene rings is 2. The van der Waals surface area contributed by atoms with E-state index in [9.17, 15) is 9.59 Å². The van der Waals surface area contributed by atoms with Crippen LogP contribution in [0.25, 0.3) is 32.6 Å². The molecule has 0 unspecified atom stereocenters. The molecular formula is C25H14N4O2S. The second kappa shape index (κ2) is 7.18. The first-order valence-corrected chi connectivity index (χ1v) is 10.8. The zero-order chi connectivity index (χ0) is 21.7. The topological polar surface area (TPSA) is 77.7 Å². The van der Waals surface area contributed by atoms with E-state index in [1.54, 1.807) is 17.4 Å². The number of allylic oxidation sites excluding steroid dienone is 1. The summed E-state index contributed by atoms with van der Waals surface area (Å²) in [5, 5.41) is 0. The number of aromatic nitrogens is 4. The molecule has 6 nitrogen and oxygen atoms in total. The number of rotatable bonds is 3. The molecule has 6 rings (SSSR count). The SMILES string of the molecule is O=C1C(=Cc2nc3sc(-c4ccccc4)cc3n2-c2ccccc2)C(=O)c2nccnc21.